The summed E-state index contributed by atoms with van der Waals surface area (Å²) in [5, 5.41) is 0. The number of ether oxygens (including phenoxy) is 2. The first-order chi connectivity index (χ1) is 14.6. The van der Waals surface area contributed by atoms with E-state index in [0.717, 1.165) is 49.0 Å². The number of hydrogen-bond acceptors (Lipinski definition) is 2. The van der Waals surface area contributed by atoms with Crippen LogP contribution < -0.4 is 4.74 Å². The molecule has 0 saturated carbocycles. The maximum atomic E-state index is 14.2. The minimum absolute atomic E-state index is 0.249. The summed E-state index contributed by atoms with van der Waals surface area (Å²) in [7, 11) is 0. The summed E-state index contributed by atoms with van der Waals surface area (Å²) in [6, 6.07) is 13.2. The van der Waals surface area contributed by atoms with Crippen molar-refractivity contribution in [2.24, 2.45) is 0 Å². The average Bonchev–Trinajstić information content (AvgIpc) is 2.76. The van der Waals surface area contributed by atoms with Crippen molar-refractivity contribution in [3.63, 3.8) is 0 Å². The highest BCUT2D eigenvalue weighted by atomic mass is 19.1. The van der Waals surface area contributed by atoms with Crippen LogP contribution in [-0.4, -0.2) is 19.3 Å². The van der Waals surface area contributed by atoms with Crippen molar-refractivity contribution in [1.29, 1.82) is 0 Å². The Kier molecular flexibility index (Phi) is 11.0. The van der Waals surface area contributed by atoms with Gasteiger partial charge in [0.15, 0.2) is 11.6 Å². The fourth-order valence-electron chi connectivity index (χ4n) is 3.20. The van der Waals surface area contributed by atoms with Crippen LogP contribution >= 0.6 is 0 Å². The molecule has 162 valence electrons. The fourth-order valence-corrected chi connectivity index (χ4v) is 3.20. The molecule has 0 aliphatic rings. The monoisotopic (exact) mass is 410 g/mol. The fraction of sp³-hybridized carbons (Fsp3) is 0.407. The Morgan fingerprint density at radius 1 is 1.03 bits per heavy atom. The molecule has 0 N–H and O–H groups in total. The van der Waals surface area contributed by atoms with Crippen molar-refractivity contribution in [1.82, 2.24) is 0 Å². The molecule has 3 heteroatoms. The molecule has 0 aliphatic carbocycles. The predicted molar refractivity (Wildman–Crippen MR) is 125 cm³/mol. The van der Waals surface area contributed by atoms with Gasteiger partial charge in [-0.3, -0.25) is 0 Å². The summed E-state index contributed by atoms with van der Waals surface area (Å²) >= 11 is 0. The van der Waals surface area contributed by atoms with Gasteiger partial charge in [0.2, 0.25) is 0 Å². The van der Waals surface area contributed by atoms with E-state index in [9.17, 15) is 4.39 Å². The number of halogens is 1. The lowest BCUT2D eigenvalue weighted by Crippen LogP contribution is -2.08. The summed E-state index contributed by atoms with van der Waals surface area (Å²) in [6.45, 7) is 9.12. The summed E-state index contributed by atoms with van der Waals surface area (Å²) in [5.41, 5.74) is 2.96. The van der Waals surface area contributed by atoms with Gasteiger partial charge in [0, 0.05) is 6.61 Å². The van der Waals surface area contributed by atoms with Crippen LogP contribution in [0.15, 0.2) is 61.2 Å². The van der Waals surface area contributed by atoms with E-state index >= 15 is 0 Å². The molecule has 0 amide bonds. The Hall–Kier alpha value is -2.39. The van der Waals surface area contributed by atoms with Gasteiger partial charge in [-0.2, -0.15) is 0 Å². The molecule has 30 heavy (non-hydrogen) atoms. The predicted octanol–water partition coefficient (Wildman–Crippen LogP) is 7.84. The van der Waals surface area contributed by atoms with Crippen LogP contribution in [0.1, 0.15) is 57.9 Å². The Morgan fingerprint density at radius 2 is 1.80 bits per heavy atom. The molecule has 0 spiro atoms. The van der Waals surface area contributed by atoms with Crippen molar-refractivity contribution >= 4 is 6.08 Å². The lowest BCUT2D eigenvalue weighted by atomic mass is 10.0. The molecule has 2 aromatic carbocycles. The largest absolute Gasteiger partial charge is 0.486 e. The number of hydrogen-bond donors (Lipinski definition) is 0. The molecule has 0 aromatic heterocycles. The maximum absolute atomic E-state index is 14.2. The summed E-state index contributed by atoms with van der Waals surface area (Å²) in [4.78, 5) is 0. The first-order valence-electron chi connectivity index (χ1n) is 11.1. The van der Waals surface area contributed by atoms with Gasteiger partial charge in [0.1, 0.15) is 6.61 Å². The Balaban J connectivity index is 1.77. The third-order valence-corrected chi connectivity index (χ3v) is 4.97. The van der Waals surface area contributed by atoms with E-state index < -0.39 is 0 Å². The van der Waals surface area contributed by atoms with Gasteiger partial charge >= 0.3 is 0 Å². The Morgan fingerprint density at radius 3 is 2.50 bits per heavy atom. The topological polar surface area (TPSA) is 18.5 Å². The van der Waals surface area contributed by atoms with E-state index in [-0.39, 0.29) is 11.6 Å². The number of allylic oxidation sites excluding steroid dienone is 1. The first kappa shape index (κ1) is 23.9. The van der Waals surface area contributed by atoms with Crippen LogP contribution in [0.4, 0.5) is 4.39 Å². The Labute approximate surface area is 181 Å². The second kappa shape index (κ2) is 13.8. The second-order valence-corrected chi connectivity index (χ2v) is 7.59. The molecule has 0 heterocycles. The number of rotatable bonds is 14. The van der Waals surface area contributed by atoms with Gasteiger partial charge in [-0.05, 0) is 61.4 Å². The van der Waals surface area contributed by atoms with E-state index in [1.807, 2.05) is 18.2 Å². The van der Waals surface area contributed by atoms with Crippen molar-refractivity contribution in [2.75, 3.05) is 13.2 Å². The lowest BCUT2D eigenvalue weighted by Gasteiger charge is -2.12. The van der Waals surface area contributed by atoms with Crippen molar-refractivity contribution in [3.05, 3.63) is 72.6 Å². The molecule has 0 aliphatic heterocycles. The molecule has 0 fully saturated rings. The van der Waals surface area contributed by atoms with Crippen LogP contribution in [0.25, 0.3) is 17.2 Å². The zero-order valence-electron chi connectivity index (χ0n) is 18.4. The highest BCUT2D eigenvalue weighted by Gasteiger charge is 2.06. The Bertz CT molecular complexity index is 780. The molecule has 2 nitrogen and oxygen atoms in total. The normalized spacial score (nSPS) is 12.2. The van der Waals surface area contributed by atoms with E-state index in [2.05, 4.69) is 44.7 Å². The molecular formula is C27H35FO2. The quantitative estimate of drug-likeness (QED) is 0.233. The highest BCUT2D eigenvalue weighted by molar-refractivity contribution is 5.66. The van der Waals surface area contributed by atoms with Gasteiger partial charge < -0.3 is 9.47 Å². The number of benzene rings is 2. The summed E-state index contributed by atoms with van der Waals surface area (Å²) < 4.78 is 25.3. The molecule has 0 saturated heterocycles. The van der Waals surface area contributed by atoms with Gasteiger partial charge in [0.05, 0.1) is 6.10 Å². The zero-order valence-corrected chi connectivity index (χ0v) is 18.4. The van der Waals surface area contributed by atoms with Gasteiger partial charge in [-0.25, -0.2) is 4.39 Å². The van der Waals surface area contributed by atoms with Crippen molar-refractivity contribution in [2.45, 2.75) is 58.5 Å². The van der Waals surface area contributed by atoms with Crippen molar-refractivity contribution in [3.8, 4) is 16.9 Å². The molecule has 0 radical (unpaired) electrons. The summed E-state index contributed by atoms with van der Waals surface area (Å²) in [5.74, 6) is -0.110. The van der Waals surface area contributed by atoms with E-state index in [0.29, 0.717) is 12.7 Å². The smallest absolute Gasteiger partial charge is 0.165 e. The first-order valence-corrected chi connectivity index (χ1v) is 11.1. The minimum Gasteiger partial charge on any atom is -0.486 e. The van der Waals surface area contributed by atoms with Crippen molar-refractivity contribution < 1.29 is 13.9 Å². The standard InChI is InChI=1S/C27H35FO2/c1-4-6-10-20-29-22(3)11-8-7-9-12-23-13-15-24(16-14-23)25-17-18-27(26(28)21-25)30-19-5-2/h5,9,12-18,21-22H,2,4,6-8,10-11,19-20H2,1,3H3/b12-9+. The van der Waals surface area contributed by atoms with Gasteiger partial charge in [-0.1, -0.05) is 74.9 Å². The van der Waals surface area contributed by atoms with Crippen LogP contribution in [0.3, 0.4) is 0 Å². The zero-order chi connectivity index (χ0) is 21.6. The van der Waals surface area contributed by atoms with Crippen LogP contribution in [0, 0.1) is 5.82 Å². The average molecular weight is 411 g/mol. The minimum atomic E-state index is -0.359. The second-order valence-electron chi connectivity index (χ2n) is 7.59. The third-order valence-electron chi connectivity index (χ3n) is 4.97. The number of unbranched alkanes of at least 4 members (excludes halogenated alkanes) is 3. The lowest BCUT2D eigenvalue weighted by molar-refractivity contribution is 0.0566. The van der Waals surface area contributed by atoms with E-state index in [1.54, 1.807) is 12.1 Å². The molecule has 1 unspecified atom stereocenters. The van der Waals surface area contributed by atoms with Crippen LogP contribution in [0.2, 0.25) is 0 Å². The highest BCUT2D eigenvalue weighted by Crippen LogP contribution is 2.26. The maximum Gasteiger partial charge on any atom is 0.165 e. The molecule has 0 bridgehead atoms. The molecule has 2 rings (SSSR count). The molecular weight excluding hydrogens is 375 g/mol. The SMILES string of the molecule is C=CCOc1ccc(-c2ccc(/C=C/CCCC(C)OCCCCC)cc2)cc1F. The molecule has 2 aromatic rings. The van der Waals surface area contributed by atoms with Gasteiger partial charge in [-0.15, -0.1) is 0 Å². The van der Waals surface area contributed by atoms with Crippen LogP contribution in [0.5, 0.6) is 5.75 Å². The van der Waals surface area contributed by atoms with E-state index in [4.69, 9.17) is 9.47 Å². The van der Waals surface area contributed by atoms with Gasteiger partial charge in [0.25, 0.3) is 0 Å². The molecule has 1 atom stereocenters. The van der Waals surface area contributed by atoms with Crippen LogP contribution in [-0.2, 0) is 4.74 Å². The van der Waals surface area contributed by atoms with E-state index in [1.165, 1.54) is 18.9 Å². The third kappa shape index (κ3) is 8.54. The summed E-state index contributed by atoms with van der Waals surface area (Å²) in [6.07, 6.45) is 13.2.